The van der Waals surface area contributed by atoms with Gasteiger partial charge in [-0.3, -0.25) is 0 Å². The largest absolute Gasteiger partial charge is 0.457 e. The average Bonchev–Trinajstić information content (AvgIpc) is 2.29. The maximum atomic E-state index is 5.88. The first-order valence-electron chi connectivity index (χ1n) is 5.36. The molecule has 0 saturated carbocycles. The minimum absolute atomic E-state index is 0.341. The van der Waals surface area contributed by atoms with Crippen LogP contribution in [0.4, 0.5) is 0 Å². The second-order valence-electron chi connectivity index (χ2n) is 4.05. The van der Waals surface area contributed by atoms with Crippen molar-refractivity contribution in [1.82, 2.24) is 0 Å². The van der Waals surface area contributed by atoms with E-state index in [0.29, 0.717) is 5.92 Å². The topological polar surface area (TPSA) is 9.23 Å². The first-order chi connectivity index (χ1) is 7.77. The van der Waals surface area contributed by atoms with Gasteiger partial charge in [-0.25, -0.2) is 0 Å². The summed E-state index contributed by atoms with van der Waals surface area (Å²) in [6, 6.07) is 14.2. The molecule has 0 amide bonds. The average molecular weight is 228 g/mol. The van der Waals surface area contributed by atoms with Crippen molar-refractivity contribution in [2.45, 2.75) is 17.7 Å². The van der Waals surface area contributed by atoms with E-state index < -0.39 is 0 Å². The molecule has 2 aromatic rings. The summed E-state index contributed by atoms with van der Waals surface area (Å²) in [6.45, 7) is 2.19. The Morgan fingerprint density at radius 3 is 2.62 bits per heavy atom. The Morgan fingerprint density at radius 2 is 1.75 bits per heavy atom. The Balaban J connectivity index is 2.23. The number of fused-ring (bicyclic) bond motifs is 2. The molecule has 0 fully saturated rings. The zero-order valence-electron chi connectivity index (χ0n) is 8.97. The lowest BCUT2D eigenvalue weighted by molar-refractivity contribution is 0.446. The van der Waals surface area contributed by atoms with Crippen molar-refractivity contribution in [3.63, 3.8) is 0 Å². The third kappa shape index (κ3) is 1.34. The molecule has 16 heavy (non-hydrogen) atoms. The molecule has 1 heterocycles. The molecule has 0 aromatic heterocycles. The number of thiol groups is 1. The number of ether oxygens (including phenoxy) is 1. The summed E-state index contributed by atoms with van der Waals surface area (Å²) in [7, 11) is 0. The molecule has 1 atom stereocenters. The molecule has 0 aliphatic carbocycles. The molecule has 1 nitrogen and oxygen atoms in total. The first kappa shape index (κ1) is 9.79. The highest BCUT2D eigenvalue weighted by Crippen LogP contribution is 2.45. The van der Waals surface area contributed by atoms with Crippen LogP contribution in [0.15, 0.2) is 47.4 Å². The zero-order chi connectivity index (χ0) is 11.1. The van der Waals surface area contributed by atoms with Gasteiger partial charge in [-0.05, 0) is 18.2 Å². The molecule has 1 aliphatic heterocycles. The summed E-state index contributed by atoms with van der Waals surface area (Å²) in [4.78, 5) is 1.000. The van der Waals surface area contributed by atoms with E-state index in [-0.39, 0.29) is 0 Å². The zero-order valence-corrected chi connectivity index (χ0v) is 9.87. The Morgan fingerprint density at radius 1 is 1.00 bits per heavy atom. The molecule has 2 aromatic carbocycles. The van der Waals surface area contributed by atoms with Crippen molar-refractivity contribution in [3.05, 3.63) is 53.6 Å². The fourth-order valence-corrected chi connectivity index (χ4v) is 2.65. The smallest absolute Gasteiger partial charge is 0.132 e. The van der Waals surface area contributed by atoms with Crippen molar-refractivity contribution in [1.29, 1.82) is 0 Å². The maximum absolute atomic E-state index is 5.88. The van der Waals surface area contributed by atoms with Gasteiger partial charge in [-0.15, -0.1) is 12.6 Å². The molecule has 80 valence electrons. The molecular weight excluding hydrogens is 216 g/mol. The minimum atomic E-state index is 0.341. The number of hydrogen-bond donors (Lipinski definition) is 1. The predicted molar refractivity (Wildman–Crippen MR) is 67.7 cm³/mol. The molecule has 0 bridgehead atoms. The standard InChI is InChI=1S/C14H12OS/c1-9-10-5-2-3-6-11(10)15-12-7-4-8-13(16)14(9)12/h2-9,16H,1H3. The first-order valence-corrected chi connectivity index (χ1v) is 5.81. The Kier molecular flexibility index (Phi) is 2.18. The Bertz CT molecular complexity index is 548. The summed E-state index contributed by atoms with van der Waals surface area (Å²) in [5.41, 5.74) is 2.42. The van der Waals surface area contributed by atoms with Gasteiger partial charge in [0.25, 0.3) is 0 Å². The molecule has 0 saturated heterocycles. The van der Waals surface area contributed by atoms with Crippen molar-refractivity contribution in [3.8, 4) is 11.5 Å². The van der Waals surface area contributed by atoms with E-state index >= 15 is 0 Å². The highest BCUT2D eigenvalue weighted by atomic mass is 32.1. The van der Waals surface area contributed by atoms with Gasteiger partial charge in [-0.2, -0.15) is 0 Å². The lowest BCUT2D eigenvalue weighted by Crippen LogP contribution is -2.07. The van der Waals surface area contributed by atoms with Crippen LogP contribution in [0, 0.1) is 0 Å². The van der Waals surface area contributed by atoms with Gasteiger partial charge in [0.2, 0.25) is 0 Å². The number of benzene rings is 2. The van der Waals surface area contributed by atoms with Crippen LogP contribution in [-0.2, 0) is 0 Å². The molecule has 0 spiro atoms. The predicted octanol–water partition coefficient (Wildman–Crippen LogP) is 4.23. The Hall–Kier alpha value is -1.41. The summed E-state index contributed by atoms with van der Waals surface area (Å²) >= 11 is 4.51. The quantitative estimate of drug-likeness (QED) is 0.664. The second kappa shape index (κ2) is 3.56. The van der Waals surface area contributed by atoms with Gasteiger partial charge in [0.1, 0.15) is 11.5 Å². The van der Waals surface area contributed by atoms with Gasteiger partial charge < -0.3 is 4.74 Å². The maximum Gasteiger partial charge on any atom is 0.132 e. The molecule has 3 rings (SSSR count). The molecule has 2 heteroatoms. The molecular formula is C14H12OS. The number of hydrogen-bond acceptors (Lipinski definition) is 2. The SMILES string of the molecule is CC1c2ccccc2Oc2cccc(S)c21. The van der Waals surface area contributed by atoms with Gasteiger partial charge >= 0.3 is 0 Å². The third-order valence-corrected chi connectivity index (χ3v) is 3.47. The Labute approximate surface area is 100 Å². The number of para-hydroxylation sites is 1. The fraction of sp³-hybridized carbons (Fsp3) is 0.143. The van der Waals surface area contributed by atoms with E-state index in [1.54, 1.807) is 0 Å². The van der Waals surface area contributed by atoms with Crippen molar-refractivity contribution >= 4 is 12.6 Å². The molecule has 0 radical (unpaired) electrons. The van der Waals surface area contributed by atoms with Crippen molar-refractivity contribution in [2.24, 2.45) is 0 Å². The summed E-state index contributed by atoms with van der Waals surface area (Å²) in [6.07, 6.45) is 0. The van der Waals surface area contributed by atoms with E-state index in [2.05, 4.69) is 25.6 Å². The van der Waals surface area contributed by atoms with Gasteiger partial charge in [-0.1, -0.05) is 31.2 Å². The van der Waals surface area contributed by atoms with Crippen molar-refractivity contribution < 1.29 is 4.74 Å². The van der Waals surface area contributed by atoms with Crippen LogP contribution < -0.4 is 4.74 Å². The van der Waals surface area contributed by atoms with Gasteiger partial charge in [0.05, 0.1) is 0 Å². The third-order valence-electron chi connectivity index (χ3n) is 3.08. The van der Waals surface area contributed by atoms with Crippen LogP contribution in [0.5, 0.6) is 11.5 Å². The highest BCUT2D eigenvalue weighted by molar-refractivity contribution is 7.80. The van der Waals surface area contributed by atoms with E-state index in [1.807, 2.05) is 36.4 Å². The van der Waals surface area contributed by atoms with E-state index in [0.717, 1.165) is 16.4 Å². The van der Waals surface area contributed by atoms with E-state index in [4.69, 9.17) is 4.74 Å². The lowest BCUT2D eigenvalue weighted by Gasteiger charge is -2.26. The minimum Gasteiger partial charge on any atom is -0.457 e. The monoisotopic (exact) mass is 228 g/mol. The lowest BCUT2D eigenvalue weighted by atomic mass is 9.90. The normalized spacial score (nSPS) is 17.2. The van der Waals surface area contributed by atoms with Crippen LogP contribution in [0.2, 0.25) is 0 Å². The molecule has 1 aliphatic rings. The second-order valence-corrected chi connectivity index (χ2v) is 4.53. The van der Waals surface area contributed by atoms with Crippen LogP contribution in [-0.4, -0.2) is 0 Å². The van der Waals surface area contributed by atoms with E-state index in [9.17, 15) is 0 Å². The molecule has 0 N–H and O–H groups in total. The van der Waals surface area contributed by atoms with Gasteiger partial charge in [0.15, 0.2) is 0 Å². The fourth-order valence-electron chi connectivity index (χ4n) is 2.26. The van der Waals surface area contributed by atoms with Crippen molar-refractivity contribution in [2.75, 3.05) is 0 Å². The van der Waals surface area contributed by atoms with E-state index in [1.165, 1.54) is 11.1 Å². The summed E-state index contributed by atoms with van der Waals surface area (Å²) < 4.78 is 5.88. The van der Waals surface area contributed by atoms with Crippen LogP contribution in [0.3, 0.4) is 0 Å². The summed E-state index contributed by atoms with van der Waals surface area (Å²) in [5.74, 6) is 2.23. The highest BCUT2D eigenvalue weighted by Gasteiger charge is 2.24. The molecule has 1 unspecified atom stereocenters. The van der Waals surface area contributed by atoms with Gasteiger partial charge in [0, 0.05) is 21.9 Å². The van der Waals surface area contributed by atoms with Crippen LogP contribution in [0.1, 0.15) is 24.0 Å². The summed E-state index contributed by atoms with van der Waals surface area (Å²) in [5, 5.41) is 0. The van der Waals surface area contributed by atoms with Crippen LogP contribution in [0.25, 0.3) is 0 Å². The number of rotatable bonds is 0. The van der Waals surface area contributed by atoms with Crippen LogP contribution >= 0.6 is 12.6 Å².